The van der Waals surface area contributed by atoms with Gasteiger partial charge < -0.3 is 18.9 Å². The van der Waals surface area contributed by atoms with Gasteiger partial charge >= 0.3 is 0 Å². The predicted molar refractivity (Wildman–Crippen MR) is 130 cm³/mol. The van der Waals surface area contributed by atoms with Crippen LogP contribution in [0.2, 0.25) is 5.02 Å². The molecule has 2 heterocycles. The van der Waals surface area contributed by atoms with Gasteiger partial charge in [-0.1, -0.05) is 24.3 Å². The number of benzene rings is 2. The molecule has 2 aliphatic rings. The summed E-state index contributed by atoms with van der Waals surface area (Å²) >= 11 is 9.32. The van der Waals surface area contributed by atoms with Crippen molar-refractivity contribution < 1.29 is 28.5 Å². The predicted octanol–water partition coefficient (Wildman–Crippen LogP) is 5.48. The third kappa shape index (κ3) is 4.55. The molecule has 0 atom stereocenters. The number of fused-ring (bicyclic) bond motifs is 1. The second kappa shape index (κ2) is 9.63. The van der Waals surface area contributed by atoms with E-state index in [0.29, 0.717) is 50.7 Å². The van der Waals surface area contributed by atoms with Crippen molar-refractivity contribution in [3.8, 4) is 23.0 Å². The summed E-state index contributed by atoms with van der Waals surface area (Å²) in [6.45, 7) is 4.13. The van der Waals surface area contributed by atoms with Crippen LogP contribution in [-0.2, 0) is 11.3 Å². The summed E-state index contributed by atoms with van der Waals surface area (Å²) in [7, 11) is 1.54. The van der Waals surface area contributed by atoms with Crippen LogP contribution in [-0.4, -0.2) is 36.6 Å². The number of carbonyl (C=O) groups excluding carboxylic acids is 2. The van der Waals surface area contributed by atoms with Crippen molar-refractivity contribution >= 4 is 63.2 Å². The van der Waals surface area contributed by atoms with Gasteiger partial charge in [0.25, 0.3) is 11.1 Å². The smallest absolute Gasteiger partial charge is 0.293 e. The Kier molecular flexibility index (Phi) is 6.87. The minimum absolute atomic E-state index is 0.0344. The first-order chi connectivity index (χ1) is 15.4. The average molecular weight is 586 g/mol. The maximum atomic E-state index is 13.0. The molecule has 7 nitrogen and oxygen atoms in total. The molecule has 1 fully saturated rings. The number of carbonyl (C=O) groups is 2. The first-order valence-corrected chi connectivity index (χ1v) is 11.6. The molecular formula is C22H17ClINO6S. The average Bonchev–Trinajstić information content (AvgIpc) is 3.31. The van der Waals surface area contributed by atoms with Crippen molar-refractivity contribution in [1.29, 1.82) is 0 Å². The Morgan fingerprint density at radius 1 is 1.25 bits per heavy atom. The Morgan fingerprint density at radius 3 is 2.72 bits per heavy atom. The molecule has 0 spiro atoms. The van der Waals surface area contributed by atoms with Gasteiger partial charge in [-0.3, -0.25) is 14.5 Å². The molecule has 0 unspecified atom stereocenters. The van der Waals surface area contributed by atoms with E-state index in [2.05, 4.69) is 29.2 Å². The number of hydrogen-bond acceptors (Lipinski definition) is 7. The van der Waals surface area contributed by atoms with Gasteiger partial charge in [-0.15, -0.1) is 0 Å². The highest BCUT2D eigenvalue weighted by molar-refractivity contribution is 14.1. The molecule has 0 aliphatic carbocycles. The Balaban J connectivity index is 1.58. The van der Waals surface area contributed by atoms with Gasteiger partial charge in [0.2, 0.25) is 6.79 Å². The molecule has 4 rings (SSSR count). The lowest BCUT2D eigenvalue weighted by atomic mass is 10.1. The van der Waals surface area contributed by atoms with Crippen LogP contribution in [0.15, 0.2) is 41.8 Å². The maximum Gasteiger partial charge on any atom is 0.293 e. The van der Waals surface area contributed by atoms with Gasteiger partial charge in [-0.25, -0.2) is 0 Å². The fourth-order valence-electron chi connectivity index (χ4n) is 3.14. The minimum atomic E-state index is -0.394. The summed E-state index contributed by atoms with van der Waals surface area (Å²) in [5.41, 5.74) is 1.31. The molecule has 0 N–H and O–H groups in total. The number of amides is 2. The van der Waals surface area contributed by atoms with Crippen LogP contribution >= 0.6 is 46.0 Å². The van der Waals surface area contributed by atoms with Crippen molar-refractivity contribution in [1.82, 2.24) is 4.90 Å². The van der Waals surface area contributed by atoms with Gasteiger partial charge in [0.05, 0.1) is 22.1 Å². The first-order valence-electron chi connectivity index (χ1n) is 9.36. The van der Waals surface area contributed by atoms with Crippen LogP contribution in [0.5, 0.6) is 23.0 Å². The highest BCUT2D eigenvalue weighted by Crippen LogP contribution is 2.40. The fraction of sp³-hybridized carbons (Fsp3) is 0.182. The van der Waals surface area contributed by atoms with E-state index in [9.17, 15) is 9.59 Å². The van der Waals surface area contributed by atoms with E-state index >= 15 is 0 Å². The number of hydrogen-bond donors (Lipinski definition) is 0. The molecule has 10 heteroatoms. The number of imide groups is 1. The summed E-state index contributed by atoms with van der Waals surface area (Å²) < 4.78 is 22.6. The Labute approximate surface area is 207 Å². The summed E-state index contributed by atoms with van der Waals surface area (Å²) in [4.78, 5) is 27.0. The SMILES string of the molecule is C=CCOc1c(I)cc(/C=C2\SC(=O)N(Cc3cc4c(cc3Cl)OCO4)C2=O)cc1OC. The van der Waals surface area contributed by atoms with Crippen molar-refractivity contribution in [2.45, 2.75) is 6.54 Å². The monoisotopic (exact) mass is 585 g/mol. The van der Waals surface area contributed by atoms with Gasteiger partial charge in [-0.05, 0) is 69.8 Å². The van der Waals surface area contributed by atoms with Gasteiger partial charge in [0.1, 0.15) is 6.61 Å². The van der Waals surface area contributed by atoms with Gasteiger partial charge in [-0.2, -0.15) is 0 Å². The molecule has 0 saturated carbocycles. The van der Waals surface area contributed by atoms with E-state index < -0.39 is 5.91 Å². The van der Waals surface area contributed by atoms with Crippen LogP contribution in [0.4, 0.5) is 4.79 Å². The van der Waals surface area contributed by atoms with Crippen molar-refractivity contribution in [2.24, 2.45) is 0 Å². The molecule has 2 aliphatic heterocycles. The zero-order valence-corrected chi connectivity index (χ0v) is 20.6. The number of halogens is 2. The molecule has 2 aromatic rings. The normalized spacial score (nSPS) is 16.1. The van der Waals surface area contributed by atoms with E-state index in [0.717, 1.165) is 20.2 Å². The van der Waals surface area contributed by atoms with Gasteiger partial charge in [0.15, 0.2) is 23.0 Å². The number of nitrogens with zero attached hydrogens (tertiary/aromatic N) is 1. The summed E-state index contributed by atoms with van der Waals surface area (Å²) in [6, 6.07) is 6.92. The van der Waals surface area contributed by atoms with E-state index in [1.807, 2.05) is 6.07 Å². The van der Waals surface area contributed by atoms with Crippen LogP contribution in [0, 0.1) is 3.57 Å². The Morgan fingerprint density at radius 2 is 2.00 bits per heavy atom. The zero-order valence-electron chi connectivity index (χ0n) is 16.9. The summed E-state index contributed by atoms with van der Waals surface area (Å²) in [5.74, 6) is 1.80. The molecule has 0 bridgehead atoms. The van der Waals surface area contributed by atoms with Crippen molar-refractivity contribution in [3.05, 3.63) is 61.5 Å². The number of rotatable bonds is 7. The van der Waals surface area contributed by atoms with Crippen LogP contribution in [0.1, 0.15) is 11.1 Å². The Bertz CT molecular complexity index is 1150. The van der Waals surface area contributed by atoms with Crippen LogP contribution in [0.3, 0.4) is 0 Å². The molecule has 0 aromatic heterocycles. The van der Waals surface area contributed by atoms with Gasteiger partial charge in [0, 0.05) is 11.1 Å². The highest BCUT2D eigenvalue weighted by Gasteiger charge is 2.36. The van der Waals surface area contributed by atoms with Crippen LogP contribution in [0.25, 0.3) is 6.08 Å². The van der Waals surface area contributed by atoms with E-state index in [1.54, 1.807) is 37.5 Å². The molecule has 166 valence electrons. The van der Waals surface area contributed by atoms with E-state index in [1.165, 1.54) is 0 Å². The molecule has 2 aromatic carbocycles. The molecule has 1 saturated heterocycles. The zero-order chi connectivity index (χ0) is 22.8. The maximum absolute atomic E-state index is 13.0. The topological polar surface area (TPSA) is 74.3 Å². The fourth-order valence-corrected chi connectivity index (χ4v) is 4.98. The molecular weight excluding hydrogens is 569 g/mol. The standard InChI is InChI=1S/C22H17ClINO6S/c1-3-4-29-20-15(24)5-12(6-18(20)28-2)7-19-21(26)25(22(27)32-19)10-13-8-16-17(9-14(13)23)31-11-30-16/h3,5-9H,1,4,10-11H2,2H3/b19-7-. The van der Waals surface area contributed by atoms with Crippen LogP contribution < -0.4 is 18.9 Å². The highest BCUT2D eigenvalue weighted by atomic mass is 127. The minimum Gasteiger partial charge on any atom is -0.493 e. The molecule has 32 heavy (non-hydrogen) atoms. The third-order valence-electron chi connectivity index (χ3n) is 4.64. The van der Waals surface area contributed by atoms with Crippen molar-refractivity contribution in [3.63, 3.8) is 0 Å². The molecule has 2 amide bonds. The van der Waals surface area contributed by atoms with E-state index in [-0.39, 0.29) is 18.6 Å². The summed E-state index contributed by atoms with van der Waals surface area (Å²) in [5, 5.41) is 0.0225. The lowest BCUT2D eigenvalue weighted by Crippen LogP contribution is -2.27. The Hall–Kier alpha value is -2.37. The third-order valence-corrected chi connectivity index (χ3v) is 6.70. The lowest BCUT2D eigenvalue weighted by Gasteiger charge is -2.14. The summed E-state index contributed by atoms with van der Waals surface area (Å²) in [6.07, 6.45) is 3.31. The first kappa shape index (κ1) is 22.8. The second-order valence-electron chi connectivity index (χ2n) is 6.70. The second-order valence-corrected chi connectivity index (χ2v) is 9.26. The number of methoxy groups -OCH3 is 1. The quantitative estimate of drug-likeness (QED) is 0.242. The number of thioether (sulfide) groups is 1. The lowest BCUT2D eigenvalue weighted by molar-refractivity contribution is -0.123. The molecule has 0 radical (unpaired) electrons. The largest absolute Gasteiger partial charge is 0.493 e. The van der Waals surface area contributed by atoms with E-state index in [4.69, 9.17) is 30.5 Å². The number of ether oxygens (including phenoxy) is 4. The van der Waals surface area contributed by atoms with Crippen molar-refractivity contribution in [2.75, 3.05) is 20.5 Å².